The number of carbonyl (C=O) groups excluding carboxylic acids is 1. The van der Waals surface area contributed by atoms with Crippen LogP contribution in [0.15, 0.2) is 18.2 Å². The zero-order chi connectivity index (χ0) is 13.7. The molecule has 0 aliphatic heterocycles. The average Bonchev–Trinajstić information content (AvgIpc) is 3.22. The van der Waals surface area contributed by atoms with Gasteiger partial charge in [0.05, 0.1) is 6.61 Å². The van der Waals surface area contributed by atoms with Crippen molar-refractivity contribution in [3.8, 4) is 0 Å². The van der Waals surface area contributed by atoms with E-state index in [2.05, 4.69) is 10.6 Å². The van der Waals surface area contributed by atoms with E-state index in [1.165, 1.54) is 12.8 Å². The summed E-state index contributed by atoms with van der Waals surface area (Å²) in [7, 11) is 1.87. The van der Waals surface area contributed by atoms with E-state index in [0.29, 0.717) is 13.2 Å². The highest BCUT2D eigenvalue weighted by atomic mass is 16.5. The standard InChI is InChI=1S/C15H22N2O2/c1-11-9-13(16-2)5-6-14(11)15(18)17-7-8-19-10-12-3-4-12/h5-6,9,12,16H,3-4,7-8,10H2,1-2H3,(H,17,18). The normalized spacial score (nSPS) is 14.2. The van der Waals surface area contributed by atoms with Gasteiger partial charge in [-0.25, -0.2) is 0 Å². The first kappa shape index (κ1) is 13.9. The molecule has 1 saturated carbocycles. The Morgan fingerprint density at radius 2 is 2.21 bits per heavy atom. The number of amides is 1. The zero-order valence-electron chi connectivity index (χ0n) is 11.7. The van der Waals surface area contributed by atoms with Gasteiger partial charge in [-0.05, 0) is 49.4 Å². The van der Waals surface area contributed by atoms with Crippen LogP contribution in [0.3, 0.4) is 0 Å². The number of anilines is 1. The summed E-state index contributed by atoms with van der Waals surface area (Å²) in [6, 6.07) is 5.73. The van der Waals surface area contributed by atoms with E-state index in [-0.39, 0.29) is 5.91 Å². The maximum absolute atomic E-state index is 12.0. The summed E-state index contributed by atoms with van der Waals surface area (Å²) in [6.07, 6.45) is 2.59. The van der Waals surface area contributed by atoms with E-state index in [0.717, 1.165) is 29.3 Å². The Morgan fingerprint density at radius 1 is 1.42 bits per heavy atom. The van der Waals surface area contributed by atoms with Gasteiger partial charge in [0.15, 0.2) is 0 Å². The Labute approximate surface area is 114 Å². The molecule has 19 heavy (non-hydrogen) atoms. The van der Waals surface area contributed by atoms with Gasteiger partial charge in [0.2, 0.25) is 0 Å². The van der Waals surface area contributed by atoms with E-state index in [1.54, 1.807) is 0 Å². The minimum Gasteiger partial charge on any atom is -0.388 e. The van der Waals surface area contributed by atoms with Crippen LogP contribution >= 0.6 is 0 Å². The highest BCUT2D eigenvalue weighted by molar-refractivity contribution is 5.96. The predicted molar refractivity (Wildman–Crippen MR) is 76.6 cm³/mol. The second-order valence-electron chi connectivity index (χ2n) is 5.05. The molecular formula is C15H22N2O2. The number of rotatable bonds is 7. The van der Waals surface area contributed by atoms with E-state index in [1.807, 2.05) is 32.2 Å². The quantitative estimate of drug-likeness (QED) is 0.741. The fourth-order valence-corrected chi connectivity index (χ4v) is 1.94. The smallest absolute Gasteiger partial charge is 0.251 e. The van der Waals surface area contributed by atoms with Crippen LogP contribution in [0.1, 0.15) is 28.8 Å². The van der Waals surface area contributed by atoms with Gasteiger partial charge < -0.3 is 15.4 Å². The number of hydrogen-bond acceptors (Lipinski definition) is 3. The second-order valence-corrected chi connectivity index (χ2v) is 5.05. The third-order valence-corrected chi connectivity index (χ3v) is 3.34. The predicted octanol–water partition coefficient (Wildman–Crippen LogP) is 2.19. The number of carbonyl (C=O) groups is 1. The number of hydrogen-bond donors (Lipinski definition) is 2. The van der Waals surface area contributed by atoms with Crippen LogP contribution in [0.2, 0.25) is 0 Å². The molecule has 4 nitrogen and oxygen atoms in total. The molecule has 1 fully saturated rings. The van der Waals surface area contributed by atoms with Gasteiger partial charge in [-0.2, -0.15) is 0 Å². The molecule has 1 aromatic rings. The highest BCUT2D eigenvalue weighted by Gasteiger charge is 2.20. The maximum Gasteiger partial charge on any atom is 0.251 e. The van der Waals surface area contributed by atoms with Crippen LogP contribution < -0.4 is 10.6 Å². The van der Waals surface area contributed by atoms with E-state index >= 15 is 0 Å². The first-order chi connectivity index (χ1) is 9.20. The van der Waals surface area contributed by atoms with Crippen LogP contribution in [0.4, 0.5) is 5.69 Å². The molecule has 0 spiro atoms. The SMILES string of the molecule is CNc1ccc(C(=O)NCCOCC2CC2)c(C)c1. The van der Waals surface area contributed by atoms with Crippen molar-refractivity contribution in [1.29, 1.82) is 0 Å². The third-order valence-electron chi connectivity index (χ3n) is 3.34. The van der Waals surface area contributed by atoms with Crippen molar-refractivity contribution in [2.75, 3.05) is 32.1 Å². The van der Waals surface area contributed by atoms with Crippen LogP contribution in [-0.4, -0.2) is 32.7 Å². The fourth-order valence-electron chi connectivity index (χ4n) is 1.94. The molecule has 1 amide bonds. The van der Waals surface area contributed by atoms with Crippen LogP contribution in [-0.2, 0) is 4.74 Å². The molecule has 0 atom stereocenters. The van der Waals surface area contributed by atoms with E-state index < -0.39 is 0 Å². The monoisotopic (exact) mass is 262 g/mol. The number of nitrogens with one attached hydrogen (secondary N) is 2. The lowest BCUT2D eigenvalue weighted by Gasteiger charge is -2.09. The van der Waals surface area contributed by atoms with Gasteiger partial charge in [-0.15, -0.1) is 0 Å². The van der Waals surface area contributed by atoms with Crippen LogP contribution in [0.5, 0.6) is 0 Å². The van der Waals surface area contributed by atoms with Crippen molar-refractivity contribution in [3.05, 3.63) is 29.3 Å². The first-order valence-corrected chi connectivity index (χ1v) is 6.85. The molecule has 104 valence electrons. The summed E-state index contributed by atoms with van der Waals surface area (Å²) < 4.78 is 5.49. The number of benzene rings is 1. The Balaban J connectivity index is 1.75. The Kier molecular flexibility index (Phi) is 4.80. The summed E-state index contributed by atoms with van der Waals surface area (Å²) >= 11 is 0. The van der Waals surface area contributed by atoms with E-state index in [9.17, 15) is 4.79 Å². The summed E-state index contributed by atoms with van der Waals surface area (Å²) in [5, 5.41) is 5.95. The molecular weight excluding hydrogens is 240 g/mol. The Bertz CT molecular complexity index is 442. The van der Waals surface area contributed by atoms with Crippen molar-refractivity contribution in [2.45, 2.75) is 19.8 Å². The molecule has 1 aliphatic carbocycles. The highest BCUT2D eigenvalue weighted by Crippen LogP contribution is 2.28. The van der Waals surface area contributed by atoms with Gasteiger partial charge in [0.25, 0.3) is 5.91 Å². The first-order valence-electron chi connectivity index (χ1n) is 6.85. The lowest BCUT2D eigenvalue weighted by molar-refractivity contribution is 0.0906. The van der Waals surface area contributed by atoms with E-state index in [4.69, 9.17) is 4.74 Å². The summed E-state index contributed by atoms with van der Waals surface area (Å²) in [5.74, 6) is 0.738. The van der Waals surface area contributed by atoms with Gasteiger partial charge >= 0.3 is 0 Å². The summed E-state index contributed by atoms with van der Waals surface area (Å²) in [6.45, 7) is 3.94. The molecule has 0 unspecified atom stereocenters. The lowest BCUT2D eigenvalue weighted by atomic mass is 10.1. The minimum atomic E-state index is -0.0322. The summed E-state index contributed by atoms with van der Waals surface area (Å²) in [5.41, 5.74) is 2.71. The molecule has 2 rings (SSSR count). The molecule has 0 radical (unpaired) electrons. The molecule has 0 heterocycles. The van der Waals surface area contributed by atoms with Crippen molar-refractivity contribution in [3.63, 3.8) is 0 Å². The lowest BCUT2D eigenvalue weighted by Crippen LogP contribution is -2.28. The Morgan fingerprint density at radius 3 is 2.84 bits per heavy atom. The van der Waals surface area contributed by atoms with Gasteiger partial charge in [0, 0.05) is 31.5 Å². The average molecular weight is 262 g/mol. The van der Waals surface area contributed by atoms with Gasteiger partial charge in [-0.3, -0.25) is 4.79 Å². The van der Waals surface area contributed by atoms with Crippen molar-refractivity contribution < 1.29 is 9.53 Å². The molecule has 0 bridgehead atoms. The van der Waals surface area contributed by atoms with Crippen molar-refractivity contribution in [1.82, 2.24) is 5.32 Å². The molecule has 0 aromatic heterocycles. The van der Waals surface area contributed by atoms with Crippen LogP contribution in [0.25, 0.3) is 0 Å². The zero-order valence-corrected chi connectivity index (χ0v) is 11.7. The molecule has 1 aliphatic rings. The largest absolute Gasteiger partial charge is 0.388 e. The number of aryl methyl sites for hydroxylation is 1. The topological polar surface area (TPSA) is 50.4 Å². The molecule has 2 N–H and O–H groups in total. The maximum atomic E-state index is 12.0. The molecule has 4 heteroatoms. The fraction of sp³-hybridized carbons (Fsp3) is 0.533. The Hall–Kier alpha value is -1.55. The van der Waals surface area contributed by atoms with Crippen molar-refractivity contribution >= 4 is 11.6 Å². The minimum absolute atomic E-state index is 0.0322. The van der Waals surface area contributed by atoms with Gasteiger partial charge in [0.1, 0.15) is 0 Å². The van der Waals surface area contributed by atoms with Crippen molar-refractivity contribution in [2.24, 2.45) is 5.92 Å². The van der Waals surface area contributed by atoms with Crippen LogP contribution in [0, 0.1) is 12.8 Å². The third kappa shape index (κ3) is 4.24. The number of ether oxygens (including phenoxy) is 1. The van der Waals surface area contributed by atoms with Gasteiger partial charge in [-0.1, -0.05) is 0 Å². The summed E-state index contributed by atoms with van der Waals surface area (Å²) in [4.78, 5) is 12.0. The molecule has 1 aromatic carbocycles. The second kappa shape index (κ2) is 6.57. The molecule has 0 saturated heterocycles.